The molecule has 0 bridgehead atoms. The van der Waals surface area contributed by atoms with Gasteiger partial charge in [-0.25, -0.2) is 4.79 Å². The smallest absolute Gasteiger partial charge is 0.417 e. The minimum Gasteiger partial charge on any atom is -0.492 e. The van der Waals surface area contributed by atoms with Crippen molar-refractivity contribution >= 4 is 11.8 Å². The molecular formula is C18H19N5O4. The van der Waals surface area contributed by atoms with E-state index < -0.39 is 6.09 Å². The summed E-state index contributed by atoms with van der Waals surface area (Å²) in [6.07, 6.45) is 2.30. The van der Waals surface area contributed by atoms with E-state index in [2.05, 4.69) is 15.4 Å². The second kappa shape index (κ2) is 8.19. The first kappa shape index (κ1) is 18.2. The number of aromatic amines is 1. The Hall–Kier alpha value is -3.59. The molecule has 2 aromatic heterocycles. The van der Waals surface area contributed by atoms with Crippen molar-refractivity contribution in [2.24, 2.45) is 12.8 Å². The number of benzene rings is 1. The normalized spacial score (nSPS) is 10.4. The molecule has 27 heavy (non-hydrogen) atoms. The van der Waals surface area contributed by atoms with Crippen molar-refractivity contribution in [1.29, 1.82) is 0 Å². The Bertz CT molecular complexity index is 975. The molecule has 140 valence electrons. The van der Waals surface area contributed by atoms with Gasteiger partial charge in [0.15, 0.2) is 0 Å². The number of nitrogens with one attached hydrogen (secondary N) is 2. The van der Waals surface area contributed by atoms with Crippen molar-refractivity contribution in [1.82, 2.24) is 14.8 Å². The van der Waals surface area contributed by atoms with E-state index in [1.807, 2.05) is 13.1 Å². The number of nitrogens with two attached hydrogens (primary N) is 1. The van der Waals surface area contributed by atoms with Crippen LogP contribution in [0.25, 0.3) is 11.3 Å². The first-order valence-corrected chi connectivity index (χ1v) is 8.19. The van der Waals surface area contributed by atoms with E-state index in [0.29, 0.717) is 24.6 Å². The zero-order valence-corrected chi connectivity index (χ0v) is 14.6. The van der Waals surface area contributed by atoms with Gasteiger partial charge in [-0.15, -0.1) is 0 Å². The van der Waals surface area contributed by atoms with Crippen molar-refractivity contribution in [3.63, 3.8) is 0 Å². The molecule has 1 aromatic carbocycles. The first-order chi connectivity index (χ1) is 13.1. The van der Waals surface area contributed by atoms with Gasteiger partial charge >= 0.3 is 6.09 Å². The van der Waals surface area contributed by atoms with Gasteiger partial charge in [0.05, 0.1) is 5.69 Å². The van der Waals surface area contributed by atoms with E-state index in [4.69, 9.17) is 15.2 Å². The number of amides is 1. The summed E-state index contributed by atoms with van der Waals surface area (Å²) < 4.78 is 12.5. The number of H-pyrrole nitrogens is 1. The predicted octanol–water partition coefficient (Wildman–Crippen LogP) is 1.72. The van der Waals surface area contributed by atoms with Crippen LogP contribution in [0.15, 0.2) is 53.6 Å². The van der Waals surface area contributed by atoms with Crippen molar-refractivity contribution in [3.8, 4) is 22.8 Å². The molecule has 0 saturated carbocycles. The molecule has 0 unspecified atom stereocenters. The number of pyridine rings is 1. The van der Waals surface area contributed by atoms with Gasteiger partial charge in [-0.3, -0.25) is 14.8 Å². The third-order valence-corrected chi connectivity index (χ3v) is 3.66. The summed E-state index contributed by atoms with van der Waals surface area (Å²) in [5, 5.41) is 6.81. The summed E-state index contributed by atoms with van der Waals surface area (Å²) in [4.78, 5) is 25.6. The lowest BCUT2D eigenvalue weighted by atomic mass is 10.1. The summed E-state index contributed by atoms with van der Waals surface area (Å²) in [6, 6.07) is 9.72. The molecule has 0 spiro atoms. The molecule has 4 N–H and O–H groups in total. The lowest BCUT2D eigenvalue weighted by molar-refractivity contribution is 0.215. The van der Waals surface area contributed by atoms with Crippen LogP contribution in [-0.2, 0) is 7.05 Å². The van der Waals surface area contributed by atoms with Crippen LogP contribution in [0.1, 0.15) is 0 Å². The fourth-order valence-corrected chi connectivity index (χ4v) is 2.45. The molecule has 3 aromatic rings. The number of nitrogens with zero attached hydrogens (tertiary/aromatic N) is 2. The average molecular weight is 369 g/mol. The second-order valence-electron chi connectivity index (χ2n) is 5.59. The molecule has 9 heteroatoms. The SMILES string of the molecule is Cn1nccc1-c1cc(NC(=O)Oc2ccc(=O)[nH]c2)ccc1OCCN. The molecule has 2 heterocycles. The topological polar surface area (TPSA) is 124 Å². The first-order valence-electron chi connectivity index (χ1n) is 8.19. The van der Waals surface area contributed by atoms with Crippen LogP contribution in [0, 0.1) is 0 Å². The van der Waals surface area contributed by atoms with Gasteiger partial charge in [0.25, 0.3) is 0 Å². The molecule has 0 aliphatic heterocycles. The third-order valence-electron chi connectivity index (χ3n) is 3.66. The van der Waals surface area contributed by atoms with Gasteiger partial charge in [0.2, 0.25) is 5.56 Å². The van der Waals surface area contributed by atoms with Crippen molar-refractivity contribution < 1.29 is 14.3 Å². The fourth-order valence-electron chi connectivity index (χ4n) is 2.45. The van der Waals surface area contributed by atoms with Crippen LogP contribution in [0.2, 0.25) is 0 Å². The van der Waals surface area contributed by atoms with Gasteiger partial charge < -0.3 is 20.2 Å². The lowest BCUT2D eigenvalue weighted by Crippen LogP contribution is -2.17. The van der Waals surface area contributed by atoms with Crippen LogP contribution in [0.3, 0.4) is 0 Å². The molecule has 0 fully saturated rings. The van der Waals surface area contributed by atoms with Gasteiger partial charge in [0, 0.05) is 43.3 Å². The number of carbonyl (C=O) groups is 1. The minimum atomic E-state index is -0.686. The Morgan fingerprint density at radius 1 is 1.30 bits per heavy atom. The summed E-state index contributed by atoms with van der Waals surface area (Å²) in [5.74, 6) is 0.852. The molecule has 3 rings (SSSR count). The summed E-state index contributed by atoms with van der Waals surface area (Å²) in [6.45, 7) is 0.752. The summed E-state index contributed by atoms with van der Waals surface area (Å²) in [7, 11) is 1.81. The van der Waals surface area contributed by atoms with Crippen molar-refractivity contribution in [3.05, 3.63) is 59.1 Å². The maximum atomic E-state index is 12.1. The molecule has 0 saturated heterocycles. The van der Waals surface area contributed by atoms with Gasteiger partial charge in [-0.2, -0.15) is 5.10 Å². The molecule has 0 atom stereocenters. The van der Waals surface area contributed by atoms with E-state index in [1.165, 1.54) is 18.3 Å². The minimum absolute atomic E-state index is 0.224. The maximum absolute atomic E-state index is 12.1. The Balaban J connectivity index is 1.81. The number of hydrogen-bond acceptors (Lipinski definition) is 6. The van der Waals surface area contributed by atoms with Gasteiger partial charge in [-0.1, -0.05) is 0 Å². The van der Waals surface area contributed by atoms with E-state index in [-0.39, 0.29) is 11.3 Å². The van der Waals surface area contributed by atoms with Crippen molar-refractivity contribution in [2.75, 3.05) is 18.5 Å². The van der Waals surface area contributed by atoms with Crippen molar-refractivity contribution in [2.45, 2.75) is 0 Å². The molecule has 1 amide bonds. The molecule has 0 aliphatic carbocycles. The molecule has 9 nitrogen and oxygen atoms in total. The number of rotatable bonds is 6. The zero-order valence-electron chi connectivity index (χ0n) is 14.6. The van der Waals surface area contributed by atoms with Crippen LogP contribution >= 0.6 is 0 Å². The van der Waals surface area contributed by atoms with E-state index in [9.17, 15) is 9.59 Å². The standard InChI is InChI=1S/C18H19N5O4/c1-23-15(6-8-21-23)14-10-12(2-4-16(14)26-9-7-19)22-18(25)27-13-3-5-17(24)20-11-13/h2-6,8,10-11H,7,9,19H2,1H3,(H,20,24)(H,22,25). The predicted molar refractivity (Wildman–Crippen MR) is 99.9 cm³/mol. The van der Waals surface area contributed by atoms with Crippen LogP contribution in [0.5, 0.6) is 11.5 Å². The Kier molecular flexibility index (Phi) is 5.53. The monoisotopic (exact) mass is 369 g/mol. The number of aryl methyl sites for hydroxylation is 1. The number of hydrogen-bond donors (Lipinski definition) is 3. The van der Waals surface area contributed by atoms with E-state index in [0.717, 1.165) is 11.3 Å². The fraction of sp³-hybridized carbons (Fsp3) is 0.167. The van der Waals surface area contributed by atoms with Crippen LogP contribution < -0.4 is 26.1 Å². The van der Waals surface area contributed by atoms with Crippen LogP contribution in [-0.4, -0.2) is 34.0 Å². The maximum Gasteiger partial charge on any atom is 0.417 e. The van der Waals surface area contributed by atoms with E-state index >= 15 is 0 Å². The summed E-state index contributed by atoms with van der Waals surface area (Å²) in [5.41, 5.74) is 7.32. The molecule has 0 radical (unpaired) electrons. The highest BCUT2D eigenvalue weighted by atomic mass is 16.6. The highest BCUT2D eigenvalue weighted by Gasteiger charge is 2.13. The van der Waals surface area contributed by atoms with E-state index in [1.54, 1.807) is 29.1 Å². The molecular weight excluding hydrogens is 350 g/mol. The second-order valence-corrected chi connectivity index (χ2v) is 5.59. The van der Waals surface area contributed by atoms with Gasteiger partial charge in [0.1, 0.15) is 18.1 Å². The number of anilines is 1. The number of ether oxygens (including phenoxy) is 2. The number of aromatic nitrogens is 3. The quantitative estimate of drug-likeness (QED) is 0.608. The Morgan fingerprint density at radius 3 is 2.81 bits per heavy atom. The molecule has 0 aliphatic rings. The summed E-state index contributed by atoms with van der Waals surface area (Å²) >= 11 is 0. The van der Waals surface area contributed by atoms with Gasteiger partial charge in [-0.05, 0) is 30.3 Å². The highest BCUT2D eigenvalue weighted by molar-refractivity contribution is 5.88. The zero-order chi connectivity index (χ0) is 19.2. The highest BCUT2D eigenvalue weighted by Crippen LogP contribution is 2.32. The lowest BCUT2D eigenvalue weighted by Gasteiger charge is -2.14. The van der Waals surface area contributed by atoms with Crippen LogP contribution in [0.4, 0.5) is 10.5 Å². The average Bonchev–Trinajstić information content (AvgIpc) is 3.08. The number of carbonyl (C=O) groups excluding carboxylic acids is 1. The Morgan fingerprint density at radius 2 is 2.15 bits per heavy atom. The Labute approximate surface area is 154 Å². The third kappa shape index (κ3) is 4.53. The largest absolute Gasteiger partial charge is 0.492 e.